The maximum Gasteiger partial charge on any atom is 0.140 e. The Morgan fingerprint density at radius 2 is 2.21 bits per heavy atom. The molecule has 2 rings (SSSR count). The first-order valence-electron chi connectivity index (χ1n) is 5.65. The van der Waals surface area contributed by atoms with E-state index in [1.165, 1.54) is 12.8 Å². The molecule has 80 valence electrons. The van der Waals surface area contributed by atoms with Gasteiger partial charge in [0, 0.05) is 12.5 Å². The van der Waals surface area contributed by atoms with Gasteiger partial charge in [-0.1, -0.05) is 6.92 Å². The van der Waals surface area contributed by atoms with Crippen LogP contribution in [0.4, 0.5) is 0 Å². The second kappa shape index (κ2) is 4.41. The number of Topliss-reactive ketones (excluding diaryl/α,β-unsaturated/α-hetero) is 1. The van der Waals surface area contributed by atoms with E-state index in [-0.39, 0.29) is 12.0 Å². The summed E-state index contributed by atoms with van der Waals surface area (Å²) >= 11 is 0. The molecule has 0 radical (unpaired) electrons. The van der Waals surface area contributed by atoms with Crippen molar-refractivity contribution in [1.29, 1.82) is 0 Å². The summed E-state index contributed by atoms with van der Waals surface area (Å²) in [6.07, 6.45) is 3.30. The first kappa shape index (κ1) is 10.1. The Kier molecular flexibility index (Phi) is 3.19. The van der Waals surface area contributed by atoms with E-state index in [0.29, 0.717) is 24.9 Å². The van der Waals surface area contributed by atoms with Gasteiger partial charge in [0.15, 0.2) is 0 Å². The predicted molar refractivity (Wildman–Crippen MR) is 54.1 cm³/mol. The minimum absolute atomic E-state index is 0.121. The molecule has 2 fully saturated rings. The van der Waals surface area contributed by atoms with E-state index in [4.69, 9.17) is 4.74 Å². The van der Waals surface area contributed by atoms with Gasteiger partial charge in [-0.3, -0.25) is 4.79 Å². The van der Waals surface area contributed by atoms with Crippen LogP contribution < -0.4 is 5.32 Å². The molecule has 2 unspecified atom stereocenters. The second-order valence-corrected chi connectivity index (χ2v) is 4.42. The monoisotopic (exact) mass is 197 g/mol. The standard InChI is InChI=1S/C11H19NO2/c1-2-12-10-7-14-6-9(10)11(13)5-8-3-4-8/h8-10,12H,2-7H2,1H3. The number of rotatable bonds is 5. The van der Waals surface area contributed by atoms with E-state index < -0.39 is 0 Å². The minimum atomic E-state index is 0.121. The molecule has 14 heavy (non-hydrogen) atoms. The summed E-state index contributed by atoms with van der Waals surface area (Å²) in [7, 11) is 0. The van der Waals surface area contributed by atoms with Crippen LogP contribution in [0.1, 0.15) is 26.2 Å². The van der Waals surface area contributed by atoms with Crippen molar-refractivity contribution >= 4 is 5.78 Å². The molecule has 1 N–H and O–H groups in total. The molecular formula is C11H19NO2. The molecule has 0 aromatic rings. The Labute approximate surface area is 85.2 Å². The van der Waals surface area contributed by atoms with E-state index in [2.05, 4.69) is 12.2 Å². The van der Waals surface area contributed by atoms with Gasteiger partial charge < -0.3 is 10.1 Å². The van der Waals surface area contributed by atoms with Gasteiger partial charge in [-0.05, 0) is 25.3 Å². The van der Waals surface area contributed by atoms with Gasteiger partial charge in [0.2, 0.25) is 0 Å². The van der Waals surface area contributed by atoms with Crippen molar-refractivity contribution in [2.24, 2.45) is 11.8 Å². The van der Waals surface area contributed by atoms with Gasteiger partial charge in [-0.25, -0.2) is 0 Å². The lowest BCUT2D eigenvalue weighted by atomic mass is 9.95. The van der Waals surface area contributed by atoms with Crippen LogP contribution in [0.5, 0.6) is 0 Å². The summed E-state index contributed by atoms with van der Waals surface area (Å²) in [6.45, 7) is 4.32. The summed E-state index contributed by atoms with van der Waals surface area (Å²) < 4.78 is 5.36. The van der Waals surface area contributed by atoms with Crippen molar-refractivity contribution < 1.29 is 9.53 Å². The Morgan fingerprint density at radius 1 is 1.43 bits per heavy atom. The van der Waals surface area contributed by atoms with Gasteiger partial charge in [-0.2, -0.15) is 0 Å². The highest BCUT2D eigenvalue weighted by Gasteiger charge is 2.35. The molecule has 1 saturated carbocycles. The molecule has 0 amide bonds. The molecule has 1 aliphatic heterocycles. The Morgan fingerprint density at radius 3 is 2.86 bits per heavy atom. The summed E-state index contributed by atoms with van der Waals surface area (Å²) in [6, 6.07) is 0.270. The van der Waals surface area contributed by atoms with Gasteiger partial charge in [0.05, 0.1) is 19.1 Å². The fourth-order valence-electron chi connectivity index (χ4n) is 2.09. The summed E-state index contributed by atoms with van der Waals surface area (Å²) in [5.74, 6) is 1.23. The molecular weight excluding hydrogens is 178 g/mol. The average Bonchev–Trinajstić information content (AvgIpc) is 2.83. The third kappa shape index (κ3) is 2.34. The highest BCUT2D eigenvalue weighted by molar-refractivity contribution is 5.82. The van der Waals surface area contributed by atoms with Gasteiger partial charge >= 0.3 is 0 Å². The topological polar surface area (TPSA) is 38.3 Å². The van der Waals surface area contributed by atoms with Crippen LogP contribution in [-0.4, -0.2) is 31.6 Å². The molecule has 0 aromatic heterocycles. The number of ketones is 1. The zero-order chi connectivity index (χ0) is 9.97. The predicted octanol–water partition coefficient (Wildman–Crippen LogP) is 0.980. The number of nitrogens with one attached hydrogen (secondary N) is 1. The molecule has 2 atom stereocenters. The number of carbonyl (C=O) groups is 1. The van der Waals surface area contributed by atoms with E-state index in [1.54, 1.807) is 0 Å². The number of ether oxygens (including phenoxy) is 1. The van der Waals surface area contributed by atoms with Crippen molar-refractivity contribution in [2.45, 2.75) is 32.2 Å². The van der Waals surface area contributed by atoms with Crippen molar-refractivity contribution in [3.8, 4) is 0 Å². The quantitative estimate of drug-likeness (QED) is 0.714. The maximum absolute atomic E-state index is 11.9. The zero-order valence-corrected chi connectivity index (χ0v) is 8.79. The SMILES string of the molecule is CCNC1COCC1C(=O)CC1CC1. The van der Waals surface area contributed by atoms with E-state index in [0.717, 1.165) is 13.0 Å². The molecule has 2 aliphatic rings. The fourth-order valence-corrected chi connectivity index (χ4v) is 2.09. The number of likely N-dealkylation sites (N-methyl/N-ethyl adjacent to an activating group) is 1. The zero-order valence-electron chi connectivity index (χ0n) is 8.79. The molecule has 3 nitrogen and oxygen atoms in total. The van der Waals surface area contributed by atoms with Crippen LogP contribution in [0.25, 0.3) is 0 Å². The van der Waals surface area contributed by atoms with Crippen LogP contribution in [0.3, 0.4) is 0 Å². The van der Waals surface area contributed by atoms with Crippen LogP contribution >= 0.6 is 0 Å². The van der Waals surface area contributed by atoms with Crippen LogP contribution in [0, 0.1) is 11.8 Å². The highest BCUT2D eigenvalue weighted by Crippen LogP contribution is 2.34. The molecule has 0 spiro atoms. The number of hydrogen-bond donors (Lipinski definition) is 1. The normalized spacial score (nSPS) is 32.1. The lowest BCUT2D eigenvalue weighted by Crippen LogP contribution is -2.39. The number of hydrogen-bond acceptors (Lipinski definition) is 3. The van der Waals surface area contributed by atoms with E-state index >= 15 is 0 Å². The van der Waals surface area contributed by atoms with Gasteiger partial charge in [0.25, 0.3) is 0 Å². The summed E-state index contributed by atoms with van der Waals surface area (Å²) in [5, 5.41) is 3.32. The minimum Gasteiger partial charge on any atom is -0.379 e. The van der Waals surface area contributed by atoms with Crippen molar-refractivity contribution in [3.63, 3.8) is 0 Å². The van der Waals surface area contributed by atoms with Crippen LogP contribution in [0.15, 0.2) is 0 Å². The van der Waals surface area contributed by atoms with E-state index in [1.807, 2.05) is 0 Å². The first-order valence-corrected chi connectivity index (χ1v) is 5.65. The smallest absolute Gasteiger partial charge is 0.140 e. The first-order chi connectivity index (χ1) is 6.81. The lowest BCUT2D eigenvalue weighted by molar-refractivity contribution is -0.123. The average molecular weight is 197 g/mol. The summed E-state index contributed by atoms with van der Waals surface area (Å²) in [5.41, 5.74) is 0. The molecule has 1 saturated heterocycles. The van der Waals surface area contributed by atoms with Gasteiger partial charge in [0.1, 0.15) is 5.78 Å². The Bertz CT molecular complexity index is 213. The molecule has 1 aliphatic carbocycles. The third-order valence-corrected chi connectivity index (χ3v) is 3.15. The third-order valence-electron chi connectivity index (χ3n) is 3.15. The highest BCUT2D eigenvalue weighted by atomic mass is 16.5. The van der Waals surface area contributed by atoms with Crippen molar-refractivity contribution in [3.05, 3.63) is 0 Å². The lowest BCUT2D eigenvalue weighted by Gasteiger charge is -2.16. The van der Waals surface area contributed by atoms with Crippen molar-refractivity contribution in [1.82, 2.24) is 5.32 Å². The Balaban J connectivity index is 1.83. The molecule has 0 aromatic carbocycles. The van der Waals surface area contributed by atoms with Crippen LogP contribution in [-0.2, 0) is 9.53 Å². The van der Waals surface area contributed by atoms with Crippen LogP contribution in [0.2, 0.25) is 0 Å². The number of carbonyl (C=O) groups excluding carboxylic acids is 1. The molecule has 0 bridgehead atoms. The largest absolute Gasteiger partial charge is 0.379 e. The molecule has 3 heteroatoms. The van der Waals surface area contributed by atoms with E-state index in [9.17, 15) is 4.79 Å². The second-order valence-electron chi connectivity index (χ2n) is 4.42. The Hall–Kier alpha value is -0.410. The molecule has 1 heterocycles. The summed E-state index contributed by atoms with van der Waals surface area (Å²) in [4.78, 5) is 11.9. The van der Waals surface area contributed by atoms with Gasteiger partial charge in [-0.15, -0.1) is 0 Å². The van der Waals surface area contributed by atoms with Crippen molar-refractivity contribution in [2.75, 3.05) is 19.8 Å². The maximum atomic E-state index is 11.9. The fraction of sp³-hybridized carbons (Fsp3) is 0.909.